The zero-order valence-electron chi connectivity index (χ0n) is 12.6. The van der Waals surface area contributed by atoms with E-state index in [1.165, 1.54) is 6.07 Å². The largest absolute Gasteiger partial charge is 0.383 e. The van der Waals surface area contributed by atoms with Crippen molar-refractivity contribution < 1.29 is 9.13 Å². The molecule has 0 spiro atoms. The molecule has 0 heterocycles. The molecule has 1 N–H and O–H groups in total. The molecule has 1 aromatic rings. The summed E-state index contributed by atoms with van der Waals surface area (Å²) in [5, 5.41) is 3.39. The Morgan fingerprint density at radius 2 is 2.00 bits per heavy atom. The first kappa shape index (κ1) is 15.9. The number of nitrogens with zero attached hydrogens (tertiary/aromatic N) is 1. The van der Waals surface area contributed by atoms with Crippen molar-refractivity contribution >= 4 is 5.69 Å². The number of ether oxygens (including phenoxy) is 1. The van der Waals surface area contributed by atoms with Crippen molar-refractivity contribution in [2.24, 2.45) is 0 Å². The Balaban J connectivity index is 2.88. The SMILES string of the molecule is COCCN(C)c1c(F)cccc1CNC(C)(C)C. The summed E-state index contributed by atoms with van der Waals surface area (Å²) in [6.45, 7) is 8.19. The normalized spacial score (nSPS) is 11.7. The van der Waals surface area contributed by atoms with Crippen LogP contribution in [-0.4, -0.2) is 32.8 Å². The highest BCUT2D eigenvalue weighted by Gasteiger charge is 2.15. The van der Waals surface area contributed by atoms with Crippen molar-refractivity contribution in [1.29, 1.82) is 0 Å². The van der Waals surface area contributed by atoms with Crippen LogP contribution >= 0.6 is 0 Å². The molecule has 1 rings (SSSR count). The molecule has 0 aliphatic heterocycles. The van der Waals surface area contributed by atoms with E-state index < -0.39 is 0 Å². The van der Waals surface area contributed by atoms with Crippen LogP contribution in [0.3, 0.4) is 0 Å². The minimum absolute atomic E-state index is 0.00862. The summed E-state index contributed by atoms with van der Waals surface area (Å²) in [7, 11) is 3.54. The Kier molecular flexibility index (Phi) is 5.76. The van der Waals surface area contributed by atoms with Crippen LogP contribution in [0.5, 0.6) is 0 Å². The number of hydrogen-bond donors (Lipinski definition) is 1. The lowest BCUT2D eigenvalue weighted by Gasteiger charge is -2.26. The van der Waals surface area contributed by atoms with Crippen molar-refractivity contribution in [2.45, 2.75) is 32.9 Å². The van der Waals surface area contributed by atoms with Gasteiger partial charge in [0.25, 0.3) is 0 Å². The highest BCUT2D eigenvalue weighted by atomic mass is 19.1. The van der Waals surface area contributed by atoms with E-state index >= 15 is 0 Å². The Bertz CT molecular complexity index is 402. The number of halogens is 1. The molecule has 0 saturated heterocycles. The summed E-state index contributed by atoms with van der Waals surface area (Å²) in [6, 6.07) is 5.21. The molecule has 0 atom stereocenters. The van der Waals surface area contributed by atoms with Crippen LogP contribution in [-0.2, 0) is 11.3 Å². The standard InChI is InChI=1S/C15H25FN2O/c1-15(2,3)17-11-12-7-6-8-13(16)14(12)18(4)9-10-19-5/h6-8,17H,9-11H2,1-5H3. The van der Waals surface area contributed by atoms with Gasteiger partial charge in [-0.05, 0) is 32.4 Å². The van der Waals surface area contributed by atoms with Gasteiger partial charge in [-0.3, -0.25) is 0 Å². The quantitative estimate of drug-likeness (QED) is 0.858. The predicted molar refractivity (Wildman–Crippen MR) is 78.1 cm³/mol. The molecule has 0 aromatic heterocycles. The van der Waals surface area contributed by atoms with Crippen LogP contribution in [0.2, 0.25) is 0 Å². The second-order valence-electron chi connectivity index (χ2n) is 5.77. The molecule has 19 heavy (non-hydrogen) atoms. The van der Waals surface area contributed by atoms with Crippen LogP contribution in [0.1, 0.15) is 26.3 Å². The Labute approximate surface area is 115 Å². The number of anilines is 1. The Hall–Kier alpha value is -1.13. The fourth-order valence-corrected chi connectivity index (χ4v) is 1.83. The number of likely N-dealkylation sites (N-methyl/N-ethyl adjacent to an activating group) is 1. The molecule has 0 fully saturated rings. The van der Waals surface area contributed by atoms with Gasteiger partial charge in [-0.25, -0.2) is 4.39 Å². The fraction of sp³-hybridized carbons (Fsp3) is 0.600. The smallest absolute Gasteiger partial charge is 0.146 e. The third kappa shape index (κ3) is 5.17. The highest BCUT2D eigenvalue weighted by molar-refractivity contribution is 5.54. The molecule has 108 valence electrons. The summed E-state index contributed by atoms with van der Waals surface area (Å²) >= 11 is 0. The van der Waals surface area contributed by atoms with E-state index in [2.05, 4.69) is 26.1 Å². The van der Waals surface area contributed by atoms with Gasteiger partial charge in [0, 0.05) is 32.8 Å². The lowest BCUT2D eigenvalue weighted by molar-refractivity contribution is 0.206. The molecule has 4 heteroatoms. The van der Waals surface area contributed by atoms with Crippen LogP contribution in [0.25, 0.3) is 0 Å². The van der Waals surface area contributed by atoms with Crippen molar-refractivity contribution in [3.63, 3.8) is 0 Å². The number of hydrogen-bond acceptors (Lipinski definition) is 3. The summed E-state index contributed by atoms with van der Waals surface area (Å²) < 4.78 is 19.1. The number of para-hydroxylation sites is 1. The molecule has 0 radical (unpaired) electrons. The van der Waals surface area contributed by atoms with E-state index in [-0.39, 0.29) is 11.4 Å². The van der Waals surface area contributed by atoms with E-state index in [0.717, 1.165) is 5.56 Å². The van der Waals surface area contributed by atoms with Crippen LogP contribution in [0.15, 0.2) is 18.2 Å². The van der Waals surface area contributed by atoms with Gasteiger partial charge in [-0.2, -0.15) is 0 Å². The van der Waals surface area contributed by atoms with E-state index in [0.29, 0.717) is 25.4 Å². The second-order valence-corrected chi connectivity index (χ2v) is 5.77. The molecule has 3 nitrogen and oxygen atoms in total. The molecule has 0 aliphatic rings. The summed E-state index contributed by atoms with van der Waals surface area (Å²) in [4.78, 5) is 1.90. The Morgan fingerprint density at radius 1 is 1.32 bits per heavy atom. The third-order valence-electron chi connectivity index (χ3n) is 2.89. The molecule has 0 unspecified atom stereocenters. The monoisotopic (exact) mass is 268 g/mol. The molecular weight excluding hydrogens is 243 g/mol. The molecule has 0 amide bonds. The molecular formula is C15H25FN2O. The topological polar surface area (TPSA) is 24.5 Å². The number of methoxy groups -OCH3 is 1. The maximum absolute atomic E-state index is 14.0. The van der Waals surface area contributed by atoms with Crippen LogP contribution < -0.4 is 10.2 Å². The number of benzene rings is 1. The lowest BCUT2D eigenvalue weighted by Crippen LogP contribution is -2.36. The first-order valence-corrected chi connectivity index (χ1v) is 6.57. The zero-order chi connectivity index (χ0) is 14.5. The van der Waals surface area contributed by atoms with Crippen molar-refractivity contribution in [2.75, 3.05) is 32.2 Å². The van der Waals surface area contributed by atoms with E-state index in [1.54, 1.807) is 13.2 Å². The maximum Gasteiger partial charge on any atom is 0.146 e. The Morgan fingerprint density at radius 3 is 2.58 bits per heavy atom. The van der Waals surface area contributed by atoms with Crippen LogP contribution in [0.4, 0.5) is 10.1 Å². The minimum atomic E-state index is -0.188. The van der Waals surface area contributed by atoms with Gasteiger partial charge >= 0.3 is 0 Å². The maximum atomic E-state index is 14.0. The van der Waals surface area contributed by atoms with Gasteiger partial charge in [0.05, 0.1) is 12.3 Å². The number of nitrogens with one attached hydrogen (secondary N) is 1. The highest BCUT2D eigenvalue weighted by Crippen LogP contribution is 2.23. The van der Waals surface area contributed by atoms with Crippen LogP contribution in [0, 0.1) is 5.82 Å². The van der Waals surface area contributed by atoms with Crippen molar-refractivity contribution in [1.82, 2.24) is 5.32 Å². The van der Waals surface area contributed by atoms with Gasteiger partial charge in [0.2, 0.25) is 0 Å². The average molecular weight is 268 g/mol. The van der Waals surface area contributed by atoms with Crippen molar-refractivity contribution in [3.8, 4) is 0 Å². The van der Waals surface area contributed by atoms with Gasteiger partial charge in [-0.1, -0.05) is 12.1 Å². The molecule has 0 saturated carbocycles. The van der Waals surface area contributed by atoms with Gasteiger partial charge < -0.3 is 15.0 Å². The van der Waals surface area contributed by atoms with E-state index in [9.17, 15) is 4.39 Å². The van der Waals surface area contributed by atoms with Gasteiger partial charge in [0.1, 0.15) is 5.82 Å². The molecule has 0 aliphatic carbocycles. The van der Waals surface area contributed by atoms with Gasteiger partial charge in [-0.15, -0.1) is 0 Å². The third-order valence-corrected chi connectivity index (χ3v) is 2.89. The number of rotatable bonds is 6. The summed E-state index contributed by atoms with van der Waals surface area (Å²) in [5.74, 6) is -0.188. The summed E-state index contributed by atoms with van der Waals surface area (Å²) in [5.41, 5.74) is 1.62. The second kappa shape index (κ2) is 6.87. The first-order chi connectivity index (χ1) is 8.85. The lowest BCUT2D eigenvalue weighted by atomic mass is 10.1. The van der Waals surface area contributed by atoms with Crippen molar-refractivity contribution in [3.05, 3.63) is 29.6 Å². The zero-order valence-corrected chi connectivity index (χ0v) is 12.6. The minimum Gasteiger partial charge on any atom is -0.383 e. The fourth-order valence-electron chi connectivity index (χ4n) is 1.83. The van der Waals surface area contributed by atoms with E-state index in [1.807, 2.05) is 18.0 Å². The van der Waals surface area contributed by atoms with E-state index in [4.69, 9.17) is 4.74 Å². The summed E-state index contributed by atoms with van der Waals surface area (Å²) in [6.07, 6.45) is 0. The molecule has 0 bridgehead atoms. The molecule has 1 aromatic carbocycles. The first-order valence-electron chi connectivity index (χ1n) is 6.57. The average Bonchev–Trinajstić information content (AvgIpc) is 2.32. The van der Waals surface area contributed by atoms with Gasteiger partial charge in [0.15, 0.2) is 0 Å². The predicted octanol–water partition coefficient (Wildman–Crippen LogP) is 2.80.